The lowest BCUT2D eigenvalue weighted by atomic mass is 10.1. The number of hydrogen-bond donors (Lipinski definition) is 0. The van der Waals surface area contributed by atoms with E-state index in [9.17, 15) is 9.59 Å². The van der Waals surface area contributed by atoms with Crippen LogP contribution in [-0.2, 0) is 0 Å². The Kier molecular flexibility index (Phi) is 7.89. The van der Waals surface area contributed by atoms with E-state index in [4.69, 9.17) is 18.9 Å². The summed E-state index contributed by atoms with van der Waals surface area (Å²) in [6.45, 7) is 1.30. The van der Waals surface area contributed by atoms with Crippen molar-refractivity contribution in [3.05, 3.63) is 52.3 Å². The molecule has 1 aromatic heterocycles. The molecule has 0 radical (unpaired) electrons. The van der Waals surface area contributed by atoms with Gasteiger partial charge in [0.15, 0.2) is 21.9 Å². The van der Waals surface area contributed by atoms with Crippen LogP contribution in [0.1, 0.15) is 40.1 Å². The van der Waals surface area contributed by atoms with E-state index in [0.29, 0.717) is 36.1 Å². The summed E-state index contributed by atoms with van der Waals surface area (Å²) >= 11 is 1.11. The van der Waals surface area contributed by atoms with Crippen molar-refractivity contribution in [1.82, 2.24) is 14.1 Å². The molecule has 0 spiro atoms. The van der Waals surface area contributed by atoms with Crippen LogP contribution in [0.2, 0.25) is 0 Å². The van der Waals surface area contributed by atoms with E-state index in [2.05, 4.69) is 10.1 Å². The van der Waals surface area contributed by atoms with Crippen molar-refractivity contribution >= 4 is 23.3 Å². The van der Waals surface area contributed by atoms with Gasteiger partial charge in [-0.2, -0.15) is 9.06 Å². The zero-order chi connectivity index (χ0) is 25.7. The van der Waals surface area contributed by atoms with E-state index >= 15 is 0 Å². The van der Waals surface area contributed by atoms with Crippen LogP contribution in [-0.4, -0.2) is 67.4 Å². The van der Waals surface area contributed by atoms with Crippen molar-refractivity contribution in [2.75, 3.05) is 41.5 Å². The molecule has 36 heavy (non-hydrogen) atoms. The number of ether oxygens (including phenoxy) is 4. The predicted octanol–water partition coefficient (Wildman–Crippen LogP) is 3.34. The zero-order valence-corrected chi connectivity index (χ0v) is 21.5. The summed E-state index contributed by atoms with van der Waals surface area (Å²) < 4.78 is 23.1. The van der Waals surface area contributed by atoms with Gasteiger partial charge >= 0.3 is 0 Å². The van der Waals surface area contributed by atoms with E-state index in [0.717, 1.165) is 36.5 Å². The summed E-state index contributed by atoms with van der Waals surface area (Å²) in [4.78, 5) is 32.7. The number of benzene rings is 2. The van der Waals surface area contributed by atoms with Gasteiger partial charge < -0.3 is 23.8 Å². The van der Waals surface area contributed by atoms with Crippen molar-refractivity contribution in [3.8, 4) is 28.7 Å². The van der Waals surface area contributed by atoms with Gasteiger partial charge in [0, 0.05) is 18.7 Å². The van der Waals surface area contributed by atoms with Crippen molar-refractivity contribution < 1.29 is 28.5 Å². The highest BCUT2D eigenvalue weighted by Crippen LogP contribution is 2.38. The van der Waals surface area contributed by atoms with Gasteiger partial charge in [-0.15, -0.1) is 5.10 Å². The fourth-order valence-electron chi connectivity index (χ4n) is 3.92. The standard InChI is InChI=1S/C25H28N4O6S/c1-32-18-10-8-17(9-11-18)29-27-21(25(31)28-12-6-5-7-13-28)24(36-29)26-23(30)16-14-19(33-2)22(35-4)20(15-16)34-3/h8-11,14-15H,5-7,12-13H2,1-4H3. The van der Waals surface area contributed by atoms with Gasteiger partial charge in [0.25, 0.3) is 11.8 Å². The lowest BCUT2D eigenvalue weighted by Crippen LogP contribution is -2.38. The van der Waals surface area contributed by atoms with Gasteiger partial charge in [0.1, 0.15) is 5.75 Å². The second kappa shape index (κ2) is 11.3. The fourth-order valence-corrected chi connectivity index (χ4v) is 4.77. The van der Waals surface area contributed by atoms with Crippen LogP contribution in [0.4, 0.5) is 0 Å². The third-order valence-electron chi connectivity index (χ3n) is 5.82. The number of likely N-dealkylation sites (tertiary alicyclic amines) is 1. The van der Waals surface area contributed by atoms with Crippen LogP contribution in [0.5, 0.6) is 23.0 Å². The number of nitrogens with zero attached hydrogens (tertiary/aromatic N) is 4. The predicted molar refractivity (Wildman–Crippen MR) is 134 cm³/mol. The van der Waals surface area contributed by atoms with Crippen LogP contribution < -0.4 is 23.6 Å². The maximum Gasteiger partial charge on any atom is 0.278 e. The Bertz CT molecular complexity index is 1280. The summed E-state index contributed by atoms with van der Waals surface area (Å²) in [6, 6.07) is 10.3. The summed E-state index contributed by atoms with van der Waals surface area (Å²) in [5.74, 6) is 0.924. The van der Waals surface area contributed by atoms with Gasteiger partial charge in [-0.25, -0.2) is 0 Å². The van der Waals surface area contributed by atoms with Gasteiger partial charge in [0.2, 0.25) is 5.75 Å². The molecule has 0 bridgehead atoms. The van der Waals surface area contributed by atoms with E-state index in [-0.39, 0.29) is 21.8 Å². The largest absolute Gasteiger partial charge is 0.497 e. The molecule has 10 nitrogen and oxygen atoms in total. The van der Waals surface area contributed by atoms with Gasteiger partial charge in [-0.1, -0.05) is 0 Å². The zero-order valence-electron chi connectivity index (χ0n) is 20.6. The number of piperidine rings is 1. The molecule has 0 atom stereocenters. The highest BCUT2D eigenvalue weighted by Gasteiger charge is 2.25. The first-order valence-electron chi connectivity index (χ1n) is 11.4. The Labute approximate surface area is 212 Å². The van der Waals surface area contributed by atoms with Crippen LogP contribution in [0.3, 0.4) is 0 Å². The first-order valence-corrected chi connectivity index (χ1v) is 12.2. The summed E-state index contributed by atoms with van der Waals surface area (Å²) in [6.07, 6.45) is 2.96. The van der Waals surface area contributed by atoms with Gasteiger partial charge in [-0.3, -0.25) is 9.59 Å². The first-order chi connectivity index (χ1) is 17.5. The molecule has 1 aliphatic rings. The minimum absolute atomic E-state index is 0.138. The number of aromatic nitrogens is 2. The third-order valence-corrected chi connectivity index (χ3v) is 6.74. The molecule has 4 rings (SSSR count). The van der Waals surface area contributed by atoms with E-state index < -0.39 is 5.91 Å². The SMILES string of the molecule is COc1ccc(-n2nc(C(=O)N3CCCCC3)c(=NC(=O)c3cc(OC)c(OC)c(OC)c3)s2)cc1. The average Bonchev–Trinajstić information content (AvgIpc) is 3.35. The van der Waals surface area contributed by atoms with Crippen LogP contribution in [0, 0.1) is 0 Å². The van der Waals surface area contributed by atoms with E-state index in [1.807, 2.05) is 12.1 Å². The van der Waals surface area contributed by atoms with Crippen LogP contribution in [0.25, 0.3) is 5.69 Å². The number of carbonyl (C=O) groups excluding carboxylic acids is 2. The molecule has 190 valence electrons. The van der Waals surface area contributed by atoms with Crippen molar-refractivity contribution in [2.24, 2.45) is 4.99 Å². The molecular formula is C25H28N4O6S. The molecule has 3 aromatic rings. The number of rotatable bonds is 7. The minimum atomic E-state index is -0.563. The molecule has 2 heterocycles. The molecule has 0 unspecified atom stereocenters. The van der Waals surface area contributed by atoms with Crippen LogP contribution in [0.15, 0.2) is 41.4 Å². The second-order valence-electron chi connectivity index (χ2n) is 8.00. The molecule has 2 aromatic carbocycles. The number of carbonyl (C=O) groups is 2. The molecule has 1 saturated heterocycles. The topological polar surface area (TPSA) is 104 Å². The Morgan fingerprint density at radius 2 is 1.53 bits per heavy atom. The maximum atomic E-state index is 13.4. The number of methoxy groups -OCH3 is 4. The fraction of sp³-hybridized carbons (Fsp3) is 0.360. The Morgan fingerprint density at radius 3 is 2.08 bits per heavy atom. The quantitative estimate of drug-likeness (QED) is 0.478. The maximum absolute atomic E-state index is 13.4. The van der Waals surface area contributed by atoms with Gasteiger partial charge in [0.05, 0.1) is 34.1 Å². The molecular weight excluding hydrogens is 484 g/mol. The monoisotopic (exact) mass is 512 g/mol. The highest BCUT2D eigenvalue weighted by molar-refractivity contribution is 7.04. The number of hydrogen-bond acceptors (Lipinski definition) is 8. The van der Waals surface area contributed by atoms with Crippen LogP contribution >= 0.6 is 11.5 Å². The Balaban J connectivity index is 1.79. The molecule has 1 aliphatic heterocycles. The molecule has 2 amide bonds. The Morgan fingerprint density at radius 1 is 0.889 bits per heavy atom. The highest BCUT2D eigenvalue weighted by atomic mass is 32.1. The summed E-state index contributed by atoms with van der Waals surface area (Å²) in [5, 5.41) is 4.54. The number of amides is 2. The van der Waals surface area contributed by atoms with Crippen molar-refractivity contribution in [2.45, 2.75) is 19.3 Å². The molecule has 0 N–H and O–H groups in total. The third kappa shape index (κ3) is 5.20. The van der Waals surface area contributed by atoms with Crippen molar-refractivity contribution in [1.29, 1.82) is 0 Å². The summed E-state index contributed by atoms with van der Waals surface area (Å²) in [7, 11) is 6.02. The lowest BCUT2D eigenvalue weighted by molar-refractivity contribution is 0.0716. The summed E-state index contributed by atoms with van der Waals surface area (Å²) in [5.41, 5.74) is 1.08. The Hall–Kier alpha value is -3.86. The average molecular weight is 513 g/mol. The lowest BCUT2D eigenvalue weighted by Gasteiger charge is -2.25. The smallest absolute Gasteiger partial charge is 0.278 e. The normalized spacial score (nSPS) is 13.9. The molecule has 1 fully saturated rings. The molecule has 0 aliphatic carbocycles. The minimum Gasteiger partial charge on any atom is -0.497 e. The second-order valence-corrected chi connectivity index (χ2v) is 8.91. The molecule has 0 saturated carbocycles. The van der Waals surface area contributed by atoms with Gasteiger partial charge in [-0.05, 0) is 67.2 Å². The van der Waals surface area contributed by atoms with Crippen molar-refractivity contribution in [3.63, 3.8) is 0 Å². The molecule has 11 heteroatoms. The van der Waals surface area contributed by atoms with E-state index in [1.54, 1.807) is 28.2 Å². The van der Waals surface area contributed by atoms with E-state index in [1.165, 1.54) is 33.5 Å². The first kappa shape index (κ1) is 25.2.